The van der Waals surface area contributed by atoms with E-state index in [0.29, 0.717) is 30.8 Å². The molecule has 11 heteroatoms. The molecule has 0 spiro atoms. The van der Waals surface area contributed by atoms with Gasteiger partial charge in [-0.1, -0.05) is 11.3 Å². The molecule has 0 radical (unpaired) electrons. The summed E-state index contributed by atoms with van der Waals surface area (Å²) in [7, 11) is 1.53. The van der Waals surface area contributed by atoms with Gasteiger partial charge in [0, 0.05) is 25.5 Å². The number of hydrogen-bond donors (Lipinski definition) is 4. The molecule has 37 heavy (non-hydrogen) atoms. The third kappa shape index (κ3) is 8.27. The predicted molar refractivity (Wildman–Crippen MR) is 138 cm³/mol. The molecule has 192 valence electrons. The minimum atomic E-state index is -0.411. The van der Waals surface area contributed by atoms with Gasteiger partial charge in [0.15, 0.2) is 5.69 Å². The van der Waals surface area contributed by atoms with Gasteiger partial charge in [-0.05, 0) is 79.3 Å². The lowest BCUT2D eigenvalue weighted by atomic mass is 10.0. The number of aryl methyl sites for hydroxylation is 2. The number of nitrogens with one attached hydrogen (secondary N) is 4. The molecule has 2 heterocycles. The fourth-order valence-electron chi connectivity index (χ4n) is 3.54. The lowest BCUT2D eigenvalue weighted by Gasteiger charge is -2.08. The minimum Gasteiger partial charge on any atom is -0.354 e. The first-order valence-corrected chi connectivity index (χ1v) is 11.7. The Balaban J connectivity index is 1.42. The molecule has 3 rings (SSSR count). The van der Waals surface area contributed by atoms with Gasteiger partial charge in [-0.25, -0.2) is 4.39 Å². The van der Waals surface area contributed by atoms with Crippen molar-refractivity contribution in [3.05, 3.63) is 77.6 Å². The molecule has 0 atom stereocenters. The van der Waals surface area contributed by atoms with Crippen molar-refractivity contribution in [3.8, 4) is 11.1 Å². The Bertz CT molecular complexity index is 1330. The topological polar surface area (TPSA) is 150 Å². The summed E-state index contributed by atoms with van der Waals surface area (Å²) in [5.74, 6) is -1.17. The molecule has 0 fully saturated rings. The number of halogens is 1. The van der Waals surface area contributed by atoms with E-state index in [1.807, 2.05) is 6.92 Å². The quantitative estimate of drug-likeness (QED) is 0.180. The van der Waals surface area contributed by atoms with E-state index in [9.17, 15) is 14.0 Å². The first-order valence-electron chi connectivity index (χ1n) is 11.7. The summed E-state index contributed by atoms with van der Waals surface area (Å²) in [6, 6.07) is 8.03. The highest BCUT2D eigenvalue weighted by atomic mass is 19.1. The van der Waals surface area contributed by atoms with Crippen molar-refractivity contribution >= 4 is 23.4 Å². The maximum absolute atomic E-state index is 13.7. The van der Waals surface area contributed by atoms with Crippen molar-refractivity contribution in [1.82, 2.24) is 30.6 Å². The molecule has 0 aliphatic carbocycles. The third-order valence-corrected chi connectivity index (χ3v) is 5.48. The number of amidine groups is 1. The first kappa shape index (κ1) is 27.1. The number of aromatic nitrogens is 4. The second-order valence-electron chi connectivity index (χ2n) is 8.40. The van der Waals surface area contributed by atoms with Crippen LogP contribution in [-0.4, -0.2) is 50.4 Å². The van der Waals surface area contributed by atoms with Crippen molar-refractivity contribution < 1.29 is 14.0 Å². The van der Waals surface area contributed by atoms with Crippen molar-refractivity contribution in [2.45, 2.75) is 39.2 Å². The molecule has 0 saturated carbocycles. The summed E-state index contributed by atoms with van der Waals surface area (Å²) in [5, 5.41) is 28.6. The van der Waals surface area contributed by atoms with E-state index in [0.717, 1.165) is 23.1 Å². The summed E-state index contributed by atoms with van der Waals surface area (Å²) in [6.07, 6.45) is 7.89. The average molecular weight is 505 g/mol. The van der Waals surface area contributed by atoms with Crippen molar-refractivity contribution in [2.75, 3.05) is 7.05 Å². The van der Waals surface area contributed by atoms with Crippen molar-refractivity contribution in [3.63, 3.8) is 0 Å². The van der Waals surface area contributed by atoms with Crippen LogP contribution in [0, 0.1) is 23.6 Å². The number of benzene rings is 1. The zero-order valence-electron chi connectivity index (χ0n) is 20.7. The Hall–Kier alpha value is -4.54. The van der Waals surface area contributed by atoms with Crippen LogP contribution in [0.4, 0.5) is 4.39 Å². The van der Waals surface area contributed by atoms with Gasteiger partial charge in [-0.2, -0.15) is 0 Å². The predicted octanol–water partition coefficient (Wildman–Crippen LogP) is 3.23. The third-order valence-electron chi connectivity index (χ3n) is 5.48. The Morgan fingerprint density at radius 3 is 2.73 bits per heavy atom. The molecule has 10 nitrogen and oxygen atoms in total. The van der Waals surface area contributed by atoms with Gasteiger partial charge in [0.25, 0.3) is 5.91 Å². The number of rotatable bonds is 11. The summed E-state index contributed by atoms with van der Waals surface area (Å²) in [6.45, 7) is 2.45. The molecular formula is C26H29FN8O2. The molecule has 4 N–H and O–H groups in total. The van der Waals surface area contributed by atoms with Gasteiger partial charge in [-0.15, -0.1) is 5.10 Å². The van der Waals surface area contributed by atoms with Crippen LogP contribution in [0.5, 0.6) is 0 Å². The maximum Gasteiger partial charge on any atom is 0.273 e. The van der Waals surface area contributed by atoms with Crippen molar-refractivity contribution in [2.24, 2.45) is 0 Å². The van der Waals surface area contributed by atoms with E-state index in [1.54, 1.807) is 35.3 Å². The van der Waals surface area contributed by atoms with Gasteiger partial charge >= 0.3 is 0 Å². The number of carbonyl (C=O) groups is 2. The van der Waals surface area contributed by atoms with E-state index < -0.39 is 5.91 Å². The van der Waals surface area contributed by atoms with Crippen LogP contribution in [0.1, 0.15) is 41.0 Å². The largest absolute Gasteiger partial charge is 0.354 e. The Kier molecular flexibility index (Phi) is 9.48. The SMILES string of the molecule is CNC(=O)c1cn(CCCCC(=N)/C=C\C(=N)NC(=O)Cc2cc(-c3cc(F)ccc3C)ccn2)nn1. The second kappa shape index (κ2) is 13.0. The van der Waals surface area contributed by atoms with Crippen LogP contribution < -0.4 is 10.6 Å². The highest BCUT2D eigenvalue weighted by molar-refractivity contribution is 6.06. The number of nitrogens with zero attached hydrogens (tertiary/aromatic N) is 4. The molecule has 0 saturated heterocycles. The second-order valence-corrected chi connectivity index (χ2v) is 8.40. The zero-order valence-corrected chi connectivity index (χ0v) is 20.7. The van der Waals surface area contributed by atoms with E-state index in [2.05, 4.69) is 25.9 Å². The summed E-state index contributed by atoms with van der Waals surface area (Å²) < 4.78 is 15.2. The summed E-state index contributed by atoms with van der Waals surface area (Å²) in [5.41, 5.74) is 3.47. The zero-order chi connectivity index (χ0) is 26.8. The maximum atomic E-state index is 13.7. The van der Waals surface area contributed by atoms with Gasteiger partial charge in [0.1, 0.15) is 11.7 Å². The van der Waals surface area contributed by atoms with E-state index in [1.165, 1.54) is 31.3 Å². The number of hydrogen-bond acceptors (Lipinski definition) is 7. The first-order chi connectivity index (χ1) is 17.7. The van der Waals surface area contributed by atoms with Crippen LogP contribution in [0.25, 0.3) is 11.1 Å². The van der Waals surface area contributed by atoms with Gasteiger partial charge in [0.05, 0.1) is 18.3 Å². The highest BCUT2D eigenvalue weighted by Gasteiger charge is 2.10. The lowest BCUT2D eigenvalue weighted by molar-refractivity contribution is -0.119. The highest BCUT2D eigenvalue weighted by Crippen LogP contribution is 2.24. The monoisotopic (exact) mass is 504 g/mol. The molecule has 2 amide bonds. The molecule has 0 unspecified atom stereocenters. The standard InChI is InChI=1S/C26H29FN8O2/c1-17-6-7-19(27)14-22(17)18-10-11-31-21(13-18)15-25(36)32-24(29)9-8-20(28)5-3-4-12-35-16-23(33-34-35)26(37)30-2/h6-11,13-14,16,28H,3-5,12,15H2,1-2H3,(H,30,37)(H2,29,32,36)/b9-8-,28-20?. The normalized spacial score (nSPS) is 10.9. The lowest BCUT2D eigenvalue weighted by Crippen LogP contribution is -2.30. The van der Waals surface area contributed by atoms with Crippen molar-refractivity contribution in [1.29, 1.82) is 10.8 Å². The Morgan fingerprint density at radius 1 is 1.14 bits per heavy atom. The molecule has 0 bridgehead atoms. The van der Waals surface area contributed by atoms with Crippen LogP contribution >= 0.6 is 0 Å². The van der Waals surface area contributed by atoms with Gasteiger partial charge in [-0.3, -0.25) is 24.7 Å². The number of unbranched alkanes of at least 4 members (excludes halogenated alkanes) is 1. The number of pyridine rings is 1. The smallest absolute Gasteiger partial charge is 0.273 e. The van der Waals surface area contributed by atoms with Crippen LogP contribution in [0.3, 0.4) is 0 Å². The van der Waals surface area contributed by atoms with Crippen LogP contribution in [0.2, 0.25) is 0 Å². The number of carbonyl (C=O) groups excluding carboxylic acids is 2. The summed E-state index contributed by atoms with van der Waals surface area (Å²) in [4.78, 5) is 28.1. The molecule has 3 aromatic rings. The summed E-state index contributed by atoms with van der Waals surface area (Å²) >= 11 is 0. The van der Waals surface area contributed by atoms with E-state index in [-0.39, 0.29) is 29.7 Å². The molecule has 0 aliphatic rings. The Labute approximate surface area is 214 Å². The fraction of sp³-hybridized carbons (Fsp3) is 0.269. The van der Waals surface area contributed by atoms with Gasteiger partial charge in [0.2, 0.25) is 5.91 Å². The van der Waals surface area contributed by atoms with E-state index >= 15 is 0 Å². The van der Waals surface area contributed by atoms with E-state index in [4.69, 9.17) is 10.8 Å². The molecular weight excluding hydrogens is 475 g/mol. The minimum absolute atomic E-state index is 0.0419. The number of allylic oxidation sites excluding steroid dienone is 1. The average Bonchev–Trinajstić information content (AvgIpc) is 3.35. The van der Waals surface area contributed by atoms with Crippen LogP contribution in [0.15, 0.2) is 54.9 Å². The molecule has 0 aliphatic heterocycles. The molecule has 2 aromatic heterocycles. The number of amides is 2. The van der Waals surface area contributed by atoms with Crippen LogP contribution in [-0.2, 0) is 17.8 Å². The van der Waals surface area contributed by atoms with Gasteiger partial charge < -0.3 is 16.0 Å². The fourth-order valence-corrected chi connectivity index (χ4v) is 3.54. The molecule has 1 aromatic carbocycles. The Morgan fingerprint density at radius 2 is 1.95 bits per heavy atom.